The topological polar surface area (TPSA) is 101 Å². The van der Waals surface area contributed by atoms with E-state index in [1.807, 2.05) is 30.0 Å². The molecule has 4 aromatic rings. The highest BCUT2D eigenvalue weighted by Gasteiger charge is 2.24. The first-order valence-corrected chi connectivity index (χ1v) is 13.3. The van der Waals surface area contributed by atoms with Gasteiger partial charge >= 0.3 is 5.97 Å². The molecule has 2 aromatic carbocycles. The third-order valence-corrected chi connectivity index (χ3v) is 7.18. The summed E-state index contributed by atoms with van der Waals surface area (Å²) in [6, 6.07) is 13.7. The van der Waals surface area contributed by atoms with Gasteiger partial charge in [-0.2, -0.15) is 0 Å². The van der Waals surface area contributed by atoms with Crippen molar-refractivity contribution in [1.29, 1.82) is 0 Å². The van der Waals surface area contributed by atoms with Crippen LogP contribution in [-0.4, -0.2) is 59.0 Å². The Labute approximate surface area is 234 Å². The summed E-state index contributed by atoms with van der Waals surface area (Å²) in [5, 5.41) is 14.4. The molecule has 208 valence electrons. The lowest BCUT2D eigenvalue weighted by Crippen LogP contribution is -2.48. The number of hydrogen-bond acceptors (Lipinski definition) is 7. The van der Waals surface area contributed by atoms with Crippen molar-refractivity contribution in [1.82, 2.24) is 9.47 Å². The Morgan fingerprint density at radius 2 is 1.90 bits per heavy atom. The van der Waals surface area contributed by atoms with Gasteiger partial charge in [0, 0.05) is 55.9 Å². The van der Waals surface area contributed by atoms with E-state index in [2.05, 4.69) is 10.1 Å². The van der Waals surface area contributed by atoms with E-state index in [0.29, 0.717) is 67.0 Å². The van der Waals surface area contributed by atoms with Crippen LogP contribution in [0.4, 0.5) is 10.1 Å². The zero-order valence-electron chi connectivity index (χ0n) is 21.8. The Morgan fingerprint density at radius 3 is 2.55 bits per heavy atom. The summed E-state index contributed by atoms with van der Waals surface area (Å²) in [7, 11) is 0. The Bertz CT molecular complexity index is 1590. The Kier molecular flexibility index (Phi) is 8.18. The molecule has 0 amide bonds. The number of hydrogen-bond donors (Lipinski definition) is 1. The van der Waals surface area contributed by atoms with Crippen LogP contribution >= 0.6 is 11.6 Å². The highest BCUT2D eigenvalue weighted by molar-refractivity contribution is 6.30. The summed E-state index contributed by atoms with van der Waals surface area (Å²) >= 11 is 5.95. The monoisotopic (exact) mass is 566 g/mol. The second-order valence-corrected chi connectivity index (χ2v) is 9.90. The van der Waals surface area contributed by atoms with Gasteiger partial charge in [0.25, 0.3) is 0 Å². The van der Waals surface area contributed by atoms with Crippen molar-refractivity contribution >= 4 is 39.9 Å². The van der Waals surface area contributed by atoms with Crippen molar-refractivity contribution in [3.8, 4) is 0 Å². The summed E-state index contributed by atoms with van der Waals surface area (Å²) in [5.41, 5.74) is 1.40. The number of furan rings is 1. The molecule has 1 N–H and O–H groups in total. The van der Waals surface area contributed by atoms with Gasteiger partial charge < -0.3 is 23.8 Å². The summed E-state index contributed by atoms with van der Waals surface area (Å²) < 4.78 is 22.5. The molecule has 0 radical (unpaired) electrons. The van der Waals surface area contributed by atoms with Crippen LogP contribution in [0.3, 0.4) is 0 Å². The number of carboxylic acid groups (broad SMARTS) is 1. The SMILES string of the molecule is CCn1cc(C(=O)O)c(=O)c2cc(F)c(N3CCN(C/C(=N/OCc4ccc(Cl)cc4)c4ccco4)CC3)cc21. The van der Waals surface area contributed by atoms with Crippen LogP contribution in [-0.2, 0) is 18.0 Å². The maximum Gasteiger partial charge on any atom is 0.341 e. The van der Waals surface area contributed by atoms with Crippen molar-refractivity contribution in [2.75, 3.05) is 37.6 Å². The van der Waals surface area contributed by atoms with E-state index in [0.717, 1.165) is 11.6 Å². The summed E-state index contributed by atoms with van der Waals surface area (Å²) in [6.07, 6.45) is 2.90. The molecule has 0 aliphatic carbocycles. The Balaban J connectivity index is 1.30. The number of aryl methyl sites for hydroxylation is 1. The number of aromatic carboxylic acids is 1. The first kappa shape index (κ1) is 27.4. The summed E-state index contributed by atoms with van der Waals surface area (Å²) in [5.74, 6) is -1.28. The number of anilines is 1. The number of aromatic nitrogens is 1. The van der Waals surface area contributed by atoms with Gasteiger partial charge in [0.1, 0.15) is 23.7 Å². The van der Waals surface area contributed by atoms with E-state index in [1.165, 1.54) is 6.20 Å². The highest BCUT2D eigenvalue weighted by Crippen LogP contribution is 2.26. The minimum absolute atomic E-state index is 0.0551. The number of oxime groups is 1. The van der Waals surface area contributed by atoms with Crippen LogP contribution in [0.2, 0.25) is 5.02 Å². The molecule has 5 rings (SSSR count). The van der Waals surface area contributed by atoms with Gasteiger partial charge in [-0.1, -0.05) is 28.9 Å². The van der Waals surface area contributed by atoms with Crippen molar-refractivity contribution in [3.05, 3.63) is 98.9 Å². The molecular weight excluding hydrogens is 539 g/mol. The Hall–Kier alpha value is -4.15. The normalized spacial score (nSPS) is 14.6. The van der Waals surface area contributed by atoms with E-state index in [9.17, 15) is 14.7 Å². The second kappa shape index (κ2) is 11.9. The standard InChI is InChI=1S/C29H28ClFN4O5/c1-2-34-16-22(29(37)38)28(36)21-14-23(31)26(15-25(21)34)35-11-9-33(10-12-35)17-24(27-4-3-13-39-27)32-40-18-19-5-7-20(30)8-6-19/h3-8,13-16H,2,9-12,17-18H2,1H3,(H,37,38)/b32-24-. The van der Waals surface area contributed by atoms with E-state index in [1.54, 1.807) is 35.1 Å². The fourth-order valence-electron chi connectivity index (χ4n) is 4.77. The minimum atomic E-state index is -1.33. The van der Waals surface area contributed by atoms with Gasteiger partial charge in [-0.3, -0.25) is 9.69 Å². The van der Waals surface area contributed by atoms with Crippen LogP contribution in [0.25, 0.3) is 10.9 Å². The zero-order valence-corrected chi connectivity index (χ0v) is 22.6. The molecule has 0 spiro atoms. The van der Waals surface area contributed by atoms with E-state index in [-0.39, 0.29) is 17.6 Å². The van der Waals surface area contributed by atoms with Gasteiger partial charge in [0.05, 0.1) is 17.5 Å². The van der Waals surface area contributed by atoms with Crippen LogP contribution in [0.1, 0.15) is 28.6 Å². The predicted molar refractivity (Wildman–Crippen MR) is 151 cm³/mol. The number of fused-ring (bicyclic) bond motifs is 1. The predicted octanol–water partition coefficient (Wildman–Crippen LogP) is 4.85. The summed E-state index contributed by atoms with van der Waals surface area (Å²) in [4.78, 5) is 33.9. The van der Waals surface area contributed by atoms with Gasteiger partial charge in [0.15, 0.2) is 5.76 Å². The molecule has 0 saturated carbocycles. The third kappa shape index (κ3) is 5.88. The number of piperazine rings is 1. The molecule has 3 heterocycles. The number of carboxylic acids is 1. The fourth-order valence-corrected chi connectivity index (χ4v) is 4.90. The summed E-state index contributed by atoms with van der Waals surface area (Å²) in [6.45, 7) is 5.40. The van der Waals surface area contributed by atoms with E-state index >= 15 is 4.39 Å². The zero-order chi connectivity index (χ0) is 28.2. The van der Waals surface area contributed by atoms with E-state index < -0.39 is 17.2 Å². The maximum atomic E-state index is 15.2. The molecular formula is C29H28ClFN4O5. The van der Waals surface area contributed by atoms with Crippen LogP contribution in [0.15, 0.2) is 75.4 Å². The largest absolute Gasteiger partial charge is 0.477 e. The van der Waals surface area contributed by atoms with Crippen molar-refractivity contribution in [3.63, 3.8) is 0 Å². The average molecular weight is 567 g/mol. The number of pyridine rings is 1. The third-order valence-electron chi connectivity index (χ3n) is 6.93. The maximum absolute atomic E-state index is 15.2. The van der Waals surface area contributed by atoms with Crippen LogP contribution < -0.4 is 10.3 Å². The fraction of sp³-hybridized carbons (Fsp3) is 0.276. The molecule has 2 aromatic heterocycles. The van der Waals surface area contributed by atoms with Crippen molar-refractivity contribution in [2.24, 2.45) is 5.16 Å². The number of halogens is 2. The lowest BCUT2D eigenvalue weighted by molar-refractivity contribution is 0.0695. The molecule has 0 atom stereocenters. The van der Waals surface area contributed by atoms with Gasteiger partial charge in [-0.25, -0.2) is 9.18 Å². The van der Waals surface area contributed by atoms with Gasteiger partial charge in [-0.15, -0.1) is 0 Å². The molecule has 1 aliphatic rings. The molecule has 9 nitrogen and oxygen atoms in total. The van der Waals surface area contributed by atoms with Crippen LogP contribution in [0.5, 0.6) is 0 Å². The van der Waals surface area contributed by atoms with Crippen LogP contribution in [0, 0.1) is 5.82 Å². The molecule has 0 unspecified atom stereocenters. The average Bonchev–Trinajstić information content (AvgIpc) is 3.49. The van der Waals surface area contributed by atoms with E-state index in [4.69, 9.17) is 20.9 Å². The second-order valence-electron chi connectivity index (χ2n) is 9.46. The smallest absolute Gasteiger partial charge is 0.341 e. The number of carbonyl (C=O) groups is 1. The van der Waals surface area contributed by atoms with Gasteiger partial charge in [0.2, 0.25) is 5.43 Å². The quantitative estimate of drug-likeness (QED) is 0.228. The first-order chi connectivity index (χ1) is 19.3. The first-order valence-electron chi connectivity index (χ1n) is 12.9. The van der Waals surface area contributed by atoms with Crippen molar-refractivity contribution in [2.45, 2.75) is 20.1 Å². The molecule has 1 saturated heterocycles. The molecule has 1 aliphatic heterocycles. The highest BCUT2D eigenvalue weighted by atomic mass is 35.5. The molecule has 40 heavy (non-hydrogen) atoms. The van der Waals surface area contributed by atoms with Crippen molar-refractivity contribution < 1.29 is 23.5 Å². The van der Waals surface area contributed by atoms with Gasteiger partial charge in [-0.05, 0) is 48.9 Å². The Morgan fingerprint density at radius 1 is 1.15 bits per heavy atom. The lowest BCUT2D eigenvalue weighted by Gasteiger charge is -2.36. The number of benzene rings is 2. The molecule has 0 bridgehead atoms. The molecule has 11 heteroatoms. The minimum Gasteiger partial charge on any atom is -0.477 e. The number of rotatable bonds is 9. The lowest BCUT2D eigenvalue weighted by atomic mass is 10.1. The number of nitrogens with zero attached hydrogens (tertiary/aromatic N) is 4. The molecule has 1 fully saturated rings.